The average molecular weight is 183 g/mol. The maximum Gasteiger partial charge on any atom is 0.320 e. The summed E-state index contributed by atoms with van der Waals surface area (Å²) < 4.78 is 0. The lowest BCUT2D eigenvalue weighted by molar-refractivity contribution is 0.0936. The van der Waals surface area contributed by atoms with Crippen LogP contribution in [0.2, 0.25) is 0 Å². The lowest BCUT2D eigenvalue weighted by atomic mass is 10.0. The van der Waals surface area contributed by atoms with Gasteiger partial charge in [-0.1, -0.05) is 6.92 Å². The van der Waals surface area contributed by atoms with E-state index >= 15 is 0 Å². The molecule has 2 aliphatic rings. The number of hydrogen-bond donors (Lipinski definition) is 1. The van der Waals surface area contributed by atoms with Crippen LogP contribution in [-0.2, 0) is 0 Å². The third-order valence-corrected chi connectivity index (χ3v) is 2.72. The highest BCUT2D eigenvalue weighted by molar-refractivity contribution is 5.75. The molecule has 2 heterocycles. The number of nitrogens with zero attached hydrogens (tertiary/aromatic N) is 2. The Morgan fingerprint density at radius 1 is 1.23 bits per heavy atom. The number of rotatable bonds is 0. The molecule has 0 aromatic heterocycles. The van der Waals surface area contributed by atoms with Gasteiger partial charge in [0.05, 0.1) is 0 Å². The minimum atomic E-state index is 0.236. The Morgan fingerprint density at radius 3 is 2.38 bits per heavy atom. The molecular weight excluding hydrogens is 166 g/mol. The third kappa shape index (κ3) is 1.77. The number of amides is 2. The number of nitrogens with one attached hydrogen (secondary N) is 1. The van der Waals surface area contributed by atoms with E-state index in [9.17, 15) is 4.79 Å². The van der Waals surface area contributed by atoms with Crippen molar-refractivity contribution in [3.8, 4) is 0 Å². The van der Waals surface area contributed by atoms with E-state index in [-0.39, 0.29) is 6.03 Å². The normalized spacial score (nSPS) is 24.4. The number of piperazine rings is 1. The minimum absolute atomic E-state index is 0.236. The van der Waals surface area contributed by atoms with Crippen LogP contribution in [0.5, 0.6) is 0 Å². The first kappa shape index (κ1) is 8.81. The molecule has 0 aromatic rings. The van der Waals surface area contributed by atoms with E-state index < -0.39 is 0 Å². The maximum atomic E-state index is 11.8. The molecule has 0 bridgehead atoms. The molecular formula is C9H17N3O. The summed E-state index contributed by atoms with van der Waals surface area (Å²) >= 11 is 0. The molecule has 2 aliphatic heterocycles. The van der Waals surface area contributed by atoms with Gasteiger partial charge in [-0.2, -0.15) is 0 Å². The van der Waals surface area contributed by atoms with Crippen molar-refractivity contribution in [3.63, 3.8) is 0 Å². The number of urea groups is 1. The Hall–Kier alpha value is -0.770. The Bertz CT molecular complexity index is 195. The monoisotopic (exact) mass is 183 g/mol. The highest BCUT2D eigenvalue weighted by atomic mass is 16.2. The standard InChI is InChI=1S/C9H17N3O/c1-8-6-12(7-8)9(13)11-4-2-10-3-5-11/h8,10H,2-7H2,1H3. The van der Waals surface area contributed by atoms with E-state index in [4.69, 9.17) is 0 Å². The molecule has 0 saturated carbocycles. The summed E-state index contributed by atoms with van der Waals surface area (Å²) in [5.74, 6) is 0.701. The number of hydrogen-bond acceptors (Lipinski definition) is 2. The molecule has 2 fully saturated rings. The number of likely N-dealkylation sites (tertiary alicyclic amines) is 1. The van der Waals surface area contributed by atoms with Crippen LogP contribution in [0, 0.1) is 5.92 Å². The van der Waals surface area contributed by atoms with Crippen molar-refractivity contribution in [1.29, 1.82) is 0 Å². The second kappa shape index (κ2) is 3.54. The SMILES string of the molecule is CC1CN(C(=O)N2CCNCC2)C1. The van der Waals surface area contributed by atoms with Gasteiger partial charge < -0.3 is 15.1 Å². The van der Waals surface area contributed by atoms with Crippen LogP contribution >= 0.6 is 0 Å². The predicted octanol–water partition coefficient (Wildman–Crippen LogP) is -0.0367. The number of carbonyl (C=O) groups excluding carboxylic acids is 1. The summed E-state index contributed by atoms with van der Waals surface area (Å²) in [6.45, 7) is 7.69. The first-order chi connectivity index (χ1) is 6.27. The van der Waals surface area contributed by atoms with Gasteiger partial charge in [0.15, 0.2) is 0 Å². The van der Waals surface area contributed by atoms with Gasteiger partial charge >= 0.3 is 6.03 Å². The van der Waals surface area contributed by atoms with Crippen LogP contribution in [0.15, 0.2) is 0 Å². The van der Waals surface area contributed by atoms with Crippen LogP contribution in [0.25, 0.3) is 0 Å². The molecule has 4 nitrogen and oxygen atoms in total. The maximum absolute atomic E-state index is 11.8. The third-order valence-electron chi connectivity index (χ3n) is 2.72. The fraction of sp³-hybridized carbons (Fsp3) is 0.889. The van der Waals surface area contributed by atoms with Gasteiger partial charge in [-0.15, -0.1) is 0 Å². The van der Waals surface area contributed by atoms with Gasteiger partial charge in [0, 0.05) is 39.3 Å². The minimum Gasteiger partial charge on any atom is -0.324 e. The first-order valence-electron chi connectivity index (χ1n) is 5.02. The number of carbonyl (C=O) groups is 1. The Morgan fingerprint density at radius 2 is 1.85 bits per heavy atom. The Labute approximate surface area is 78.9 Å². The van der Waals surface area contributed by atoms with Gasteiger partial charge in [0.25, 0.3) is 0 Å². The van der Waals surface area contributed by atoms with E-state index in [1.165, 1.54) is 0 Å². The van der Waals surface area contributed by atoms with Crippen LogP contribution in [0.3, 0.4) is 0 Å². The van der Waals surface area contributed by atoms with Crippen molar-refractivity contribution >= 4 is 6.03 Å². The highest BCUT2D eigenvalue weighted by Crippen LogP contribution is 2.16. The molecule has 2 amide bonds. The summed E-state index contributed by atoms with van der Waals surface area (Å²) in [7, 11) is 0. The van der Waals surface area contributed by atoms with E-state index in [0.717, 1.165) is 39.3 Å². The average Bonchev–Trinajstić information content (AvgIpc) is 2.13. The van der Waals surface area contributed by atoms with E-state index in [1.807, 2.05) is 9.80 Å². The Kier molecular flexibility index (Phi) is 2.40. The molecule has 0 spiro atoms. The fourth-order valence-corrected chi connectivity index (χ4v) is 1.91. The van der Waals surface area contributed by atoms with Crippen molar-refractivity contribution < 1.29 is 4.79 Å². The highest BCUT2D eigenvalue weighted by Gasteiger charge is 2.30. The van der Waals surface area contributed by atoms with Crippen molar-refractivity contribution in [1.82, 2.24) is 15.1 Å². The predicted molar refractivity (Wildman–Crippen MR) is 50.6 cm³/mol. The molecule has 0 unspecified atom stereocenters. The van der Waals surface area contributed by atoms with E-state index in [2.05, 4.69) is 12.2 Å². The molecule has 74 valence electrons. The Balaban J connectivity index is 1.82. The van der Waals surface area contributed by atoms with E-state index in [1.54, 1.807) is 0 Å². The molecule has 4 heteroatoms. The van der Waals surface area contributed by atoms with Gasteiger partial charge in [0.2, 0.25) is 0 Å². The molecule has 13 heavy (non-hydrogen) atoms. The van der Waals surface area contributed by atoms with Crippen LogP contribution < -0.4 is 5.32 Å². The fourth-order valence-electron chi connectivity index (χ4n) is 1.91. The van der Waals surface area contributed by atoms with Gasteiger partial charge in [-0.05, 0) is 5.92 Å². The lowest BCUT2D eigenvalue weighted by Gasteiger charge is -2.41. The molecule has 0 radical (unpaired) electrons. The molecule has 0 aromatic carbocycles. The van der Waals surface area contributed by atoms with E-state index in [0.29, 0.717) is 5.92 Å². The van der Waals surface area contributed by atoms with Gasteiger partial charge in [-0.25, -0.2) is 4.79 Å². The zero-order valence-corrected chi connectivity index (χ0v) is 8.12. The molecule has 2 saturated heterocycles. The van der Waals surface area contributed by atoms with Crippen LogP contribution in [0.1, 0.15) is 6.92 Å². The van der Waals surface area contributed by atoms with Crippen LogP contribution in [-0.4, -0.2) is 55.1 Å². The second-order valence-corrected chi connectivity index (χ2v) is 4.03. The quantitative estimate of drug-likeness (QED) is 0.572. The zero-order chi connectivity index (χ0) is 9.26. The lowest BCUT2D eigenvalue weighted by Crippen LogP contribution is -2.57. The largest absolute Gasteiger partial charge is 0.324 e. The summed E-state index contributed by atoms with van der Waals surface area (Å²) in [6.07, 6.45) is 0. The summed E-state index contributed by atoms with van der Waals surface area (Å²) in [5.41, 5.74) is 0. The zero-order valence-electron chi connectivity index (χ0n) is 8.12. The van der Waals surface area contributed by atoms with Gasteiger partial charge in [-0.3, -0.25) is 0 Å². The van der Waals surface area contributed by atoms with Crippen LogP contribution in [0.4, 0.5) is 4.79 Å². The molecule has 0 aliphatic carbocycles. The van der Waals surface area contributed by atoms with Crippen molar-refractivity contribution in [2.45, 2.75) is 6.92 Å². The summed E-state index contributed by atoms with van der Waals surface area (Å²) in [6, 6.07) is 0.236. The first-order valence-corrected chi connectivity index (χ1v) is 5.02. The van der Waals surface area contributed by atoms with Gasteiger partial charge in [0.1, 0.15) is 0 Å². The molecule has 0 atom stereocenters. The second-order valence-electron chi connectivity index (χ2n) is 4.03. The molecule has 1 N–H and O–H groups in total. The van der Waals surface area contributed by atoms with Crippen molar-refractivity contribution in [3.05, 3.63) is 0 Å². The summed E-state index contributed by atoms with van der Waals surface area (Å²) in [5, 5.41) is 3.24. The summed E-state index contributed by atoms with van der Waals surface area (Å²) in [4.78, 5) is 15.6. The molecule has 2 rings (SSSR count). The van der Waals surface area contributed by atoms with Crippen molar-refractivity contribution in [2.75, 3.05) is 39.3 Å². The smallest absolute Gasteiger partial charge is 0.320 e. The topological polar surface area (TPSA) is 35.6 Å². The van der Waals surface area contributed by atoms with Crippen molar-refractivity contribution in [2.24, 2.45) is 5.92 Å².